The minimum absolute atomic E-state index is 0. The maximum atomic E-state index is 14.2. The number of hydrogen-bond acceptors (Lipinski definition) is 13. The predicted octanol–water partition coefficient (Wildman–Crippen LogP) is 12.6. The van der Waals surface area contributed by atoms with Crippen molar-refractivity contribution in [2.75, 3.05) is 50.1 Å². The lowest BCUT2D eigenvalue weighted by molar-refractivity contribution is -0.211. The zero-order valence-electron chi connectivity index (χ0n) is 54.7. The van der Waals surface area contributed by atoms with E-state index in [-0.39, 0.29) is 139 Å². The van der Waals surface area contributed by atoms with Crippen LogP contribution < -0.4 is 35.9 Å². The number of anilines is 3. The monoisotopic (exact) mass is 1520 g/mol. The van der Waals surface area contributed by atoms with Crippen molar-refractivity contribution < 1.29 is 101 Å². The fraction of sp³-hybridized carbons (Fsp3) is 0.476. The third-order valence-electron chi connectivity index (χ3n) is 14.3. The lowest BCUT2D eigenvalue weighted by Crippen LogP contribution is -2.28. The van der Waals surface area contributed by atoms with Gasteiger partial charge in [0.2, 0.25) is 29.5 Å². The molecule has 0 saturated carbocycles. The van der Waals surface area contributed by atoms with Crippen molar-refractivity contribution in [3.05, 3.63) is 90.2 Å². The first-order valence-electron chi connectivity index (χ1n) is 29.3. The number of halogens is 13. The van der Waals surface area contributed by atoms with Gasteiger partial charge >= 0.3 is 24.9 Å². The van der Waals surface area contributed by atoms with Crippen LogP contribution in [0.3, 0.4) is 0 Å². The van der Waals surface area contributed by atoms with Crippen molar-refractivity contribution in [1.82, 2.24) is 44.5 Å². The number of carbonyl (C=O) groups excluding carboxylic acids is 5. The van der Waals surface area contributed by atoms with Gasteiger partial charge in [-0.25, -0.2) is 13.2 Å². The van der Waals surface area contributed by atoms with Crippen LogP contribution in [-0.4, -0.2) is 130 Å². The molecule has 6 heterocycles. The van der Waals surface area contributed by atoms with E-state index in [9.17, 15) is 81.5 Å². The highest BCUT2D eigenvalue weighted by molar-refractivity contribution is 14.0. The van der Waals surface area contributed by atoms with E-state index in [0.717, 1.165) is 54.6 Å². The first-order chi connectivity index (χ1) is 43.9. The standard InChI is InChI=1S/C21H24F4N4O3.C20H22F4N4O3.C14H15F4N3O.C7H11NO3.CH4.HI/c1-11-15(10-28(5)19(11)31)18(30)26-17-9-16(29(27-17)21(23,24)25)12-6-13(22)8-14(7-12)32-20(2,3)4;1-10-14(9-25-17(10)29)18(30)26-16-8-15(28(27-16)20(22,23)24)11-5-12(21)7-13(6-11)31-19(2,3)4;1-13(2,3)22-10-5-8(4-9(15)6-10)11-7-12(19)20-21(11)14(16,17)18;1-4-5(7(10)11)3-8(2)6(4)9;;/h6-9,11,15H,10H2,1-5H3,(H,26,27,30);5-8,10,14H,9H2,1-4H3,(H,25,29)(H,26,27,30);4-7H,1-3H3,(H2,19,20);4-5H,3H2,1-2H3,(H,10,11);1H4;1H/t11-,15+;10-,14+;;4-,5+;;/m11.1../s1. The number of carboxylic acids is 1. The molecule has 0 unspecified atom stereocenters. The first-order valence-corrected chi connectivity index (χ1v) is 29.3. The number of nitrogens with zero attached hydrogens (tertiary/aromatic N) is 8. The van der Waals surface area contributed by atoms with Crippen molar-refractivity contribution in [1.29, 1.82) is 0 Å². The molecule has 540 valence electrons. The van der Waals surface area contributed by atoms with Crippen LogP contribution in [0, 0.1) is 53.0 Å². The lowest BCUT2D eigenvalue weighted by Gasteiger charge is -2.22. The molecular weight excluding hydrogens is 1440 g/mol. The summed E-state index contributed by atoms with van der Waals surface area (Å²) in [6.07, 6.45) is -14.6. The van der Waals surface area contributed by atoms with Crippen LogP contribution >= 0.6 is 24.0 Å². The molecule has 5 amide bonds. The average Bonchev–Trinajstić information content (AvgIpc) is 1.61. The summed E-state index contributed by atoms with van der Waals surface area (Å²) >= 11 is 0. The Bertz CT molecular complexity index is 3870. The van der Waals surface area contributed by atoms with Crippen molar-refractivity contribution >= 4 is 76.9 Å². The number of nitrogens with two attached hydrogens (primary N) is 1. The molecule has 0 aliphatic carbocycles. The van der Waals surface area contributed by atoms with Gasteiger partial charge < -0.3 is 50.8 Å². The van der Waals surface area contributed by atoms with E-state index in [0.29, 0.717) is 6.54 Å². The van der Waals surface area contributed by atoms with Gasteiger partial charge in [0, 0.05) is 98.7 Å². The summed E-state index contributed by atoms with van der Waals surface area (Å²) in [5.74, 6) is -9.45. The number of ether oxygens (including phenoxy) is 3. The minimum atomic E-state index is -4.92. The van der Waals surface area contributed by atoms with Crippen LogP contribution in [0.5, 0.6) is 17.2 Å². The van der Waals surface area contributed by atoms with E-state index in [1.807, 2.05) is 0 Å². The van der Waals surface area contributed by atoms with Crippen molar-refractivity contribution in [3.8, 4) is 51.0 Å². The number of benzene rings is 3. The molecule has 3 aliphatic heterocycles. The van der Waals surface area contributed by atoms with Gasteiger partial charge in [0.1, 0.15) is 57.3 Å². The van der Waals surface area contributed by atoms with Gasteiger partial charge in [-0.2, -0.15) is 14.0 Å². The molecule has 98 heavy (non-hydrogen) atoms. The number of likely N-dealkylation sites (tertiary alicyclic amines) is 2. The van der Waals surface area contributed by atoms with Gasteiger partial charge in [-0.15, -0.1) is 78.8 Å². The zero-order chi connectivity index (χ0) is 72.4. The van der Waals surface area contributed by atoms with E-state index < -0.39 is 112 Å². The van der Waals surface area contributed by atoms with E-state index in [1.165, 1.54) is 28.0 Å². The largest absolute Gasteiger partial charge is 0.505 e. The fourth-order valence-corrected chi connectivity index (χ4v) is 10.1. The number of carboxylic acid groups (broad SMARTS) is 1. The van der Waals surface area contributed by atoms with Crippen molar-refractivity contribution in [2.24, 2.45) is 35.5 Å². The summed E-state index contributed by atoms with van der Waals surface area (Å²) in [5, 5.41) is 25.9. The van der Waals surface area contributed by atoms with E-state index in [4.69, 9.17) is 25.1 Å². The third kappa shape index (κ3) is 21.6. The van der Waals surface area contributed by atoms with Gasteiger partial charge in [-0.05, 0) is 98.7 Å². The molecule has 0 radical (unpaired) electrons. The SMILES string of the molecule is C.CC(C)(C)Oc1cc(F)cc(-c2cc(N)nn2C(F)(F)F)c1.C[C@H]1C(=O)N(C)C[C@@H]1C(=O)Nc1cc(-c2cc(F)cc(OC(C)(C)C)c2)n(C(F)(F)F)n1.C[C@H]1C(=O)N(C)C[C@@H]1C(=O)O.C[C@H]1C(=O)NC[C@@H]1C(=O)Nc1cc(-c2cc(F)cc(OC(C)(C)C)c2)n(C(F)(F)F)n1.I. The third-order valence-corrected chi connectivity index (χ3v) is 14.3. The highest BCUT2D eigenvalue weighted by atomic mass is 127. The topological polar surface area (TPSA) is 272 Å². The van der Waals surface area contributed by atoms with E-state index in [1.54, 1.807) is 97.2 Å². The minimum Gasteiger partial charge on any atom is -0.488 e. The number of aliphatic carboxylic acids is 1. The molecule has 3 saturated heterocycles. The molecule has 6 aromatic rings. The Kier molecular flexibility index (Phi) is 25.8. The number of nitrogens with one attached hydrogen (secondary N) is 3. The summed E-state index contributed by atoms with van der Waals surface area (Å²) in [7, 11) is 3.17. The highest BCUT2D eigenvalue weighted by Crippen LogP contribution is 2.39. The van der Waals surface area contributed by atoms with Crippen LogP contribution in [0.25, 0.3) is 33.8 Å². The van der Waals surface area contributed by atoms with Gasteiger partial charge in [0.05, 0.1) is 40.8 Å². The normalized spacial score (nSPS) is 18.7. The van der Waals surface area contributed by atoms with Crippen LogP contribution in [0.1, 0.15) is 90.5 Å². The Balaban J connectivity index is 0.000000290. The Morgan fingerprint density at radius 3 is 1.10 bits per heavy atom. The second-order valence-corrected chi connectivity index (χ2v) is 25.8. The number of carbonyl (C=O) groups is 6. The quantitative estimate of drug-likeness (QED) is 0.0596. The van der Waals surface area contributed by atoms with E-state index >= 15 is 0 Å². The number of nitrogen functional groups attached to an aromatic ring is 1. The Morgan fingerprint density at radius 2 is 0.827 bits per heavy atom. The van der Waals surface area contributed by atoms with Gasteiger partial charge in [-0.1, -0.05) is 28.2 Å². The van der Waals surface area contributed by atoms with Gasteiger partial charge in [-0.3, -0.25) is 28.8 Å². The molecule has 22 nitrogen and oxygen atoms in total. The molecular formula is C63H77F12IN12O10. The fourth-order valence-electron chi connectivity index (χ4n) is 10.1. The molecule has 3 aromatic heterocycles. The van der Waals surface area contributed by atoms with Crippen LogP contribution in [0.2, 0.25) is 0 Å². The van der Waals surface area contributed by atoms with Gasteiger partial charge in [0.15, 0.2) is 11.6 Å². The number of alkyl halides is 9. The van der Waals surface area contributed by atoms with Crippen LogP contribution in [0.4, 0.5) is 70.1 Å². The molecule has 0 bridgehead atoms. The number of aromatic nitrogens is 6. The van der Waals surface area contributed by atoms with Crippen molar-refractivity contribution in [3.63, 3.8) is 0 Å². The smallest absolute Gasteiger partial charge is 0.488 e. The number of rotatable bonds is 11. The second-order valence-electron chi connectivity index (χ2n) is 25.8. The lowest BCUT2D eigenvalue weighted by atomic mass is 9.97. The van der Waals surface area contributed by atoms with Gasteiger partial charge in [0.25, 0.3) is 0 Å². The van der Waals surface area contributed by atoms with E-state index in [2.05, 4.69) is 31.2 Å². The molecule has 9 rings (SSSR count). The Hall–Kier alpha value is -8.80. The summed E-state index contributed by atoms with van der Waals surface area (Å²) in [6, 6.07) is 12.9. The Morgan fingerprint density at radius 1 is 0.510 bits per heavy atom. The first kappa shape index (κ1) is 81.6. The van der Waals surface area contributed by atoms with Crippen LogP contribution in [-0.2, 0) is 47.7 Å². The average molecular weight is 1520 g/mol. The second kappa shape index (κ2) is 31.0. The molecule has 3 aliphatic rings. The highest BCUT2D eigenvalue weighted by Gasteiger charge is 2.43. The van der Waals surface area contributed by atoms with Crippen LogP contribution in [0.15, 0.2) is 72.8 Å². The molecule has 3 aromatic carbocycles. The number of hydrogen-bond donors (Lipinski definition) is 5. The molecule has 35 heteroatoms. The molecule has 6 N–H and O–H groups in total. The summed E-state index contributed by atoms with van der Waals surface area (Å²) in [6.45, 7) is 20.9. The Labute approximate surface area is 572 Å². The molecule has 3 fully saturated rings. The molecule has 6 atom stereocenters. The summed E-state index contributed by atoms with van der Waals surface area (Å²) in [4.78, 5) is 73.0. The summed E-state index contributed by atoms with van der Waals surface area (Å²) in [5.41, 5.74) is 1.73. The predicted molar refractivity (Wildman–Crippen MR) is 346 cm³/mol. The number of amides is 5. The maximum Gasteiger partial charge on any atom is 0.505 e. The zero-order valence-corrected chi connectivity index (χ0v) is 57.1. The summed E-state index contributed by atoms with van der Waals surface area (Å²) < 4.78 is 178. The maximum absolute atomic E-state index is 14.2. The molecule has 0 spiro atoms. The van der Waals surface area contributed by atoms with Crippen molar-refractivity contribution in [2.45, 2.75) is 126 Å².